The second-order valence-electron chi connectivity index (χ2n) is 6.96. The smallest absolute Gasteiger partial charge is 0.410 e. The number of hydrogen-bond donors (Lipinski definition) is 1. The summed E-state index contributed by atoms with van der Waals surface area (Å²) in [5.74, 6) is 0. The Morgan fingerprint density at radius 1 is 1.35 bits per heavy atom. The normalized spacial score (nSPS) is 15.5. The van der Waals surface area contributed by atoms with Gasteiger partial charge in [-0.05, 0) is 58.2 Å². The molecular weight excluding hydrogens is 292 g/mol. The number of rotatable bonds is 2. The summed E-state index contributed by atoms with van der Waals surface area (Å²) in [6.07, 6.45) is 3.59. The van der Waals surface area contributed by atoms with Gasteiger partial charge in [-0.2, -0.15) is 0 Å². The van der Waals surface area contributed by atoms with E-state index in [0.717, 1.165) is 24.1 Å². The number of ether oxygens (including phenoxy) is 1. The Hall–Kier alpha value is -1.88. The number of aliphatic hydroxyl groups excluding tert-OH is 1. The van der Waals surface area contributed by atoms with Gasteiger partial charge in [-0.15, -0.1) is 0 Å². The van der Waals surface area contributed by atoms with Crippen LogP contribution in [0.4, 0.5) is 4.79 Å². The highest BCUT2D eigenvalue weighted by molar-refractivity contribution is 5.68. The zero-order valence-electron chi connectivity index (χ0n) is 14.4. The fourth-order valence-electron chi connectivity index (χ4n) is 2.61. The first kappa shape index (κ1) is 17.5. The van der Waals surface area contributed by atoms with Gasteiger partial charge in [-0.1, -0.05) is 11.6 Å². The predicted octanol–water partition coefficient (Wildman–Crippen LogP) is 3.30. The van der Waals surface area contributed by atoms with Crippen molar-refractivity contribution in [3.05, 3.63) is 34.7 Å². The fraction of sp³-hybridized carbons (Fsp3) is 0.556. The lowest BCUT2D eigenvalue weighted by Gasteiger charge is -2.31. The highest BCUT2D eigenvalue weighted by atomic mass is 16.6. The summed E-state index contributed by atoms with van der Waals surface area (Å²) < 4.78 is 5.41. The number of piperidine rings is 1. The maximum Gasteiger partial charge on any atom is 0.410 e. The van der Waals surface area contributed by atoms with E-state index in [9.17, 15) is 9.90 Å². The fourth-order valence-corrected chi connectivity index (χ4v) is 2.61. The monoisotopic (exact) mass is 318 g/mol. The maximum atomic E-state index is 12.1. The number of carbonyl (C=O) groups is 1. The number of nitrogens with zero attached hydrogens (tertiary/aromatic N) is 2. The largest absolute Gasteiger partial charge is 0.444 e. The molecule has 5 heteroatoms. The molecule has 1 aliphatic rings. The van der Waals surface area contributed by atoms with Gasteiger partial charge in [0.2, 0.25) is 0 Å². The van der Waals surface area contributed by atoms with E-state index in [-0.39, 0.29) is 12.7 Å². The molecule has 0 saturated carbocycles. The first-order valence-corrected chi connectivity index (χ1v) is 8.02. The van der Waals surface area contributed by atoms with E-state index in [1.54, 1.807) is 4.90 Å². The van der Waals surface area contributed by atoms with Crippen LogP contribution in [0.15, 0.2) is 17.7 Å². The minimum Gasteiger partial charge on any atom is -0.444 e. The van der Waals surface area contributed by atoms with Crippen molar-refractivity contribution in [2.45, 2.75) is 52.7 Å². The predicted molar refractivity (Wildman–Crippen MR) is 89.9 cm³/mol. The van der Waals surface area contributed by atoms with E-state index in [1.807, 2.05) is 39.8 Å². The van der Waals surface area contributed by atoms with E-state index in [1.165, 1.54) is 5.57 Å². The molecule has 0 unspecified atom stereocenters. The molecule has 1 aliphatic heterocycles. The van der Waals surface area contributed by atoms with Gasteiger partial charge in [0.25, 0.3) is 0 Å². The number of pyridine rings is 1. The summed E-state index contributed by atoms with van der Waals surface area (Å²) >= 11 is 0. The van der Waals surface area contributed by atoms with E-state index in [4.69, 9.17) is 4.74 Å². The second kappa shape index (κ2) is 7.13. The molecule has 0 atom stereocenters. The number of aromatic nitrogens is 1. The molecule has 0 radical (unpaired) electrons. The number of amides is 1. The minimum absolute atomic E-state index is 0.0513. The van der Waals surface area contributed by atoms with E-state index >= 15 is 0 Å². The molecule has 0 aliphatic carbocycles. The van der Waals surface area contributed by atoms with Crippen LogP contribution in [-0.4, -0.2) is 39.8 Å². The van der Waals surface area contributed by atoms with Crippen LogP contribution in [0.5, 0.6) is 0 Å². The molecular formula is C18H26N2O3. The Labute approximate surface area is 138 Å². The van der Waals surface area contributed by atoms with Gasteiger partial charge < -0.3 is 14.7 Å². The van der Waals surface area contributed by atoms with E-state index < -0.39 is 5.60 Å². The number of hydrogen-bond acceptors (Lipinski definition) is 4. The lowest BCUT2D eigenvalue weighted by Crippen LogP contribution is -2.40. The molecule has 2 heterocycles. The second-order valence-corrected chi connectivity index (χ2v) is 6.96. The standard InChI is InChI=1S/C18H26N2O3/c1-13-9-15(11-16(12-21)19-13)10-14-5-7-20(8-6-14)17(22)23-18(2,3)4/h9-11,21H,5-8,12H2,1-4H3. The van der Waals surface area contributed by atoms with E-state index in [0.29, 0.717) is 18.8 Å². The van der Waals surface area contributed by atoms with Crippen molar-refractivity contribution in [2.75, 3.05) is 13.1 Å². The van der Waals surface area contributed by atoms with Crippen molar-refractivity contribution in [1.29, 1.82) is 0 Å². The van der Waals surface area contributed by atoms with Crippen LogP contribution in [0, 0.1) is 6.92 Å². The highest BCUT2D eigenvalue weighted by Gasteiger charge is 2.24. The van der Waals surface area contributed by atoms with Crippen molar-refractivity contribution < 1.29 is 14.6 Å². The van der Waals surface area contributed by atoms with Crippen LogP contribution in [-0.2, 0) is 11.3 Å². The Bertz CT molecular complexity index is 593. The Balaban J connectivity index is 1.99. The molecule has 1 saturated heterocycles. The minimum atomic E-state index is -0.456. The van der Waals surface area contributed by atoms with Crippen LogP contribution in [0.3, 0.4) is 0 Å². The summed E-state index contributed by atoms with van der Waals surface area (Å²) in [5, 5.41) is 9.24. The Morgan fingerprint density at radius 2 is 2.00 bits per heavy atom. The molecule has 1 aromatic heterocycles. The molecule has 126 valence electrons. The first-order chi connectivity index (χ1) is 10.8. The highest BCUT2D eigenvalue weighted by Crippen LogP contribution is 2.22. The van der Waals surface area contributed by atoms with Crippen LogP contribution < -0.4 is 0 Å². The molecule has 5 nitrogen and oxygen atoms in total. The maximum absolute atomic E-state index is 12.1. The molecule has 2 rings (SSSR count). The summed E-state index contributed by atoms with van der Waals surface area (Å²) in [5.41, 5.74) is 3.49. The quantitative estimate of drug-likeness (QED) is 0.909. The van der Waals surface area contributed by atoms with Crippen LogP contribution >= 0.6 is 0 Å². The van der Waals surface area contributed by atoms with Crippen molar-refractivity contribution >= 4 is 12.2 Å². The van der Waals surface area contributed by atoms with Gasteiger partial charge >= 0.3 is 6.09 Å². The van der Waals surface area contributed by atoms with Crippen molar-refractivity contribution in [1.82, 2.24) is 9.88 Å². The Morgan fingerprint density at radius 3 is 2.57 bits per heavy atom. The lowest BCUT2D eigenvalue weighted by molar-refractivity contribution is 0.0237. The van der Waals surface area contributed by atoms with Crippen LogP contribution in [0.1, 0.15) is 50.6 Å². The summed E-state index contributed by atoms with van der Waals surface area (Å²) in [7, 11) is 0. The lowest BCUT2D eigenvalue weighted by atomic mass is 10.0. The van der Waals surface area contributed by atoms with E-state index in [2.05, 4.69) is 11.1 Å². The van der Waals surface area contributed by atoms with Gasteiger partial charge in [-0.3, -0.25) is 4.98 Å². The Kier molecular flexibility index (Phi) is 5.42. The third kappa shape index (κ3) is 5.36. The average molecular weight is 318 g/mol. The summed E-state index contributed by atoms with van der Waals surface area (Å²) in [6, 6.07) is 3.91. The van der Waals surface area contributed by atoms with Crippen molar-refractivity contribution in [3.63, 3.8) is 0 Å². The molecule has 1 aromatic rings. The first-order valence-electron chi connectivity index (χ1n) is 8.02. The summed E-state index contributed by atoms with van der Waals surface area (Å²) in [4.78, 5) is 18.1. The zero-order chi connectivity index (χ0) is 17.0. The molecule has 1 amide bonds. The zero-order valence-corrected chi connectivity index (χ0v) is 14.4. The third-order valence-corrected chi connectivity index (χ3v) is 3.62. The molecule has 0 bridgehead atoms. The topological polar surface area (TPSA) is 62.7 Å². The number of carbonyl (C=O) groups excluding carboxylic acids is 1. The van der Waals surface area contributed by atoms with Gasteiger partial charge in [-0.25, -0.2) is 4.79 Å². The average Bonchev–Trinajstić information content (AvgIpc) is 2.45. The molecule has 23 heavy (non-hydrogen) atoms. The number of aliphatic hydroxyl groups is 1. The van der Waals surface area contributed by atoms with Crippen molar-refractivity contribution in [3.8, 4) is 0 Å². The third-order valence-electron chi connectivity index (χ3n) is 3.62. The van der Waals surface area contributed by atoms with Gasteiger partial charge in [0.15, 0.2) is 0 Å². The number of likely N-dealkylation sites (tertiary alicyclic amines) is 1. The molecule has 0 aromatic carbocycles. The summed E-state index contributed by atoms with van der Waals surface area (Å²) in [6.45, 7) is 8.87. The van der Waals surface area contributed by atoms with Crippen molar-refractivity contribution in [2.24, 2.45) is 0 Å². The number of aryl methyl sites for hydroxylation is 1. The van der Waals surface area contributed by atoms with Crippen LogP contribution in [0.25, 0.3) is 6.08 Å². The molecule has 1 fully saturated rings. The van der Waals surface area contributed by atoms with Gasteiger partial charge in [0.05, 0.1) is 12.3 Å². The van der Waals surface area contributed by atoms with Gasteiger partial charge in [0, 0.05) is 18.8 Å². The molecule has 0 spiro atoms. The SMILES string of the molecule is Cc1cc(C=C2CCN(C(=O)OC(C)(C)C)CC2)cc(CO)n1. The molecule has 1 N–H and O–H groups in total. The van der Waals surface area contributed by atoms with Crippen LogP contribution in [0.2, 0.25) is 0 Å². The van der Waals surface area contributed by atoms with Gasteiger partial charge in [0.1, 0.15) is 5.60 Å².